The van der Waals surface area contributed by atoms with Crippen LogP contribution in [0.15, 0.2) is 35.8 Å². The van der Waals surface area contributed by atoms with Gasteiger partial charge in [-0.05, 0) is 29.0 Å². The molecule has 1 unspecified atom stereocenters. The first-order chi connectivity index (χ1) is 11.6. The highest BCUT2D eigenvalue weighted by atomic mass is 15.0. The van der Waals surface area contributed by atoms with Gasteiger partial charge in [0.2, 0.25) is 0 Å². The Morgan fingerprint density at radius 1 is 1.25 bits per heavy atom. The summed E-state index contributed by atoms with van der Waals surface area (Å²) >= 11 is 0. The molecule has 2 aromatic rings. The molecule has 6 heteroatoms. The molecule has 24 heavy (non-hydrogen) atoms. The maximum atomic E-state index is 9.02. The number of fused-ring (bicyclic) bond motifs is 1. The molecule has 4 radical (unpaired) electrons. The lowest BCUT2D eigenvalue weighted by atomic mass is 9.79. The van der Waals surface area contributed by atoms with Gasteiger partial charge in [-0.3, -0.25) is 0 Å². The van der Waals surface area contributed by atoms with E-state index in [1.54, 1.807) is 6.08 Å². The van der Waals surface area contributed by atoms with Crippen molar-refractivity contribution in [2.24, 2.45) is 0 Å². The number of anilines is 1. The summed E-state index contributed by atoms with van der Waals surface area (Å²) in [6, 6.07) is 7.71. The number of rotatable bonds is 4. The fourth-order valence-corrected chi connectivity index (χ4v) is 2.41. The molecule has 1 aliphatic rings. The minimum Gasteiger partial charge on any atom is -0.369 e. The number of nitriles is 1. The Kier molecular flexibility index (Phi) is 4.40. The lowest BCUT2D eigenvalue weighted by molar-refractivity contribution is 0.800. The zero-order chi connectivity index (χ0) is 17.1. The first-order valence-corrected chi connectivity index (χ1v) is 7.46. The van der Waals surface area contributed by atoms with Crippen molar-refractivity contribution in [2.75, 3.05) is 11.9 Å². The van der Waals surface area contributed by atoms with Gasteiger partial charge < -0.3 is 5.32 Å². The van der Waals surface area contributed by atoms with Gasteiger partial charge in [-0.1, -0.05) is 25.1 Å². The number of hydrogen-bond acceptors (Lipinski definition) is 4. The van der Waals surface area contributed by atoms with Gasteiger partial charge >= 0.3 is 0 Å². The van der Waals surface area contributed by atoms with Crippen molar-refractivity contribution in [3.8, 4) is 6.07 Å². The first-order valence-electron chi connectivity index (χ1n) is 7.46. The predicted octanol–water partition coefficient (Wildman–Crippen LogP) is -0.942. The SMILES string of the molecule is [B]c1ccc(C(C)CNc2ncnc3c2=CC(C#N)=C=C=3)cc1[B]. The fourth-order valence-electron chi connectivity index (χ4n) is 2.41. The molecule has 0 spiro atoms. The smallest absolute Gasteiger partial charge is 0.138 e. The lowest BCUT2D eigenvalue weighted by Gasteiger charge is -2.15. The number of nitrogens with one attached hydrogen (secondary N) is 1. The van der Waals surface area contributed by atoms with Gasteiger partial charge in [-0.15, -0.1) is 10.9 Å². The Hall–Kier alpha value is -2.98. The first kappa shape index (κ1) is 15.9. The number of benzene rings is 1. The van der Waals surface area contributed by atoms with Crippen molar-refractivity contribution in [1.29, 1.82) is 5.26 Å². The van der Waals surface area contributed by atoms with Crippen LogP contribution in [0, 0.1) is 11.3 Å². The number of allylic oxidation sites excluding steroid dienone is 1. The van der Waals surface area contributed by atoms with Crippen molar-refractivity contribution in [1.82, 2.24) is 9.97 Å². The molecule has 0 saturated carbocycles. The van der Waals surface area contributed by atoms with E-state index in [9.17, 15) is 0 Å². The average molecular weight is 306 g/mol. The summed E-state index contributed by atoms with van der Waals surface area (Å²) in [5.74, 6) is 0.865. The van der Waals surface area contributed by atoms with Gasteiger partial charge in [0.25, 0.3) is 0 Å². The van der Waals surface area contributed by atoms with Crippen LogP contribution in [0.25, 0.3) is 11.8 Å². The molecule has 0 fully saturated rings. The highest BCUT2D eigenvalue weighted by molar-refractivity contribution is 6.48. The van der Waals surface area contributed by atoms with E-state index in [4.69, 9.17) is 21.0 Å². The van der Waals surface area contributed by atoms with Crippen LogP contribution in [0.3, 0.4) is 0 Å². The third kappa shape index (κ3) is 3.19. The standard InChI is InChI=1S/C18H12B2N4/c1-11(13-3-4-15(19)16(20)7-13)9-22-18-14-6-12(8-21)2-5-17(14)23-10-24-18/h3-4,6-7,10-11H,9H2,1H3,(H,22,23,24). The number of hydrogen-bond donors (Lipinski definition) is 1. The van der Waals surface area contributed by atoms with Crippen LogP contribution >= 0.6 is 0 Å². The van der Waals surface area contributed by atoms with E-state index in [0.717, 1.165) is 10.8 Å². The van der Waals surface area contributed by atoms with Crippen LogP contribution in [0.4, 0.5) is 5.82 Å². The highest BCUT2D eigenvalue weighted by Crippen LogP contribution is 2.13. The molecule has 0 bridgehead atoms. The summed E-state index contributed by atoms with van der Waals surface area (Å²) in [6.07, 6.45) is 3.17. The van der Waals surface area contributed by atoms with E-state index in [0.29, 0.717) is 34.2 Å². The van der Waals surface area contributed by atoms with E-state index in [1.807, 2.05) is 18.2 Å². The Bertz CT molecular complexity index is 1040. The molecule has 0 aliphatic heterocycles. The second-order valence-corrected chi connectivity index (χ2v) is 5.57. The summed E-state index contributed by atoms with van der Waals surface area (Å²) < 4.78 is 0. The summed E-state index contributed by atoms with van der Waals surface area (Å²) in [5, 5.41) is 13.7. The zero-order valence-corrected chi connectivity index (χ0v) is 13.2. The molecule has 3 rings (SSSR count). The van der Waals surface area contributed by atoms with Gasteiger partial charge in [0.1, 0.15) is 44.8 Å². The largest absolute Gasteiger partial charge is 0.369 e. The van der Waals surface area contributed by atoms with E-state index >= 15 is 0 Å². The van der Waals surface area contributed by atoms with E-state index in [2.05, 4.69) is 39.7 Å². The molecule has 0 saturated heterocycles. The van der Waals surface area contributed by atoms with Gasteiger partial charge in [0, 0.05) is 6.54 Å². The average Bonchev–Trinajstić information content (AvgIpc) is 2.61. The quantitative estimate of drug-likeness (QED) is 0.585. The van der Waals surface area contributed by atoms with E-state index in [-0.39, 0.29) is 5.92 Å². The molecule has 0 amide bonds. The molecule has 1 heterocycles. The van der Waals surface area contributed by atoms with E-state index < -0.39 is 0 Å². The highest BCUT2D eigenvalue weighted by Gasteiger charge is 2.08. The summed E-state index contributed by atoms with van der Waals surface area (Å²) in [5.41, 5.74) is 8.29. The molecule has 4 nitrogen and oxygen atoms in total. The van der Waals surface area contributed by atoms with Crippen LogP contribution in [0.2, 0.25) is 0 Å². The molecular weight excluding hydrogens is 294 g/mol. The van der Waals surface area contributed by atoms with Crippen LogP contribution in [0.1, 0.15) is 18.4 Å². The fraction of sp³-hybridized carbons (Fsp3) is 0.167. The maximum absolute atomic E-state index is 9.02. The monoisotopic (exact) mass is 306 g/mol. The normalized spacial score (nSPS) is 12.9. The lowest BCUT2D eigenvalue weighted by Crippen LogP contribution is -2.33. The zero-order valence-electron chi connectivity index (χ0n) is 13.2. The van der Waals surface area contributed by atoms with Crippen LogP contribution in [-0.2, 0) is 0 Å². The third-order valence-corrected chi connectivity index (χ3v) is 3.86. The summed E-state index contributed by atoms with van der Waals surface area (Å²) in [7, 11) is 11.6. The Morgan fingerprint density at radius 2 is 2.08 bits per heavy atom. The molecule has 1 N–H and O–H groups in total. The van der Waals surface area contributed by atoms with Crippen molar-refractivity contribution < 1.29 is 0 Å². The van der Waals surface area contributed by atoms with Crippen molar-refractivity contribution in [3.63, 3.8) is 0 Å². The van der Waals surface area contributed by atoms with Crippen molar-refractivity contribution in [2.45, 2.75) is 12.8 Å². The van der Waals surface area contributed by atoms with Crippen molar-refractivity contribution >= 4 is 44.2 Å². The molecule has 1 aromatic heterocycles. The van der Waals surface area contributed by atoms with E-state index in [1.165, 1.54) is 6.33 Å². The van der Waals surface area contributed by atoms with Gasteiger partial charge in [-0.2, -0.15) is 5.26 Å². The van der Waals surface area contributed by atoms with Crippen molar-refractivity contribution in [3.05, 3.63) is 52.0 Å². The molecular formula is C18H12B2N4. The third-order valence-electron chi connectivity index (χ3n) is 3.86. The van der Waals surface area contributed by atoms with Gasteiger partial charge in [0.05, 0.1) is 5.22 Å². The maximum Gasteiger partial charge on any atom is 0.138 e. The second kappa shape index (κ2) is 6.64. The molecule has 1 aromatic carbocycles. The topological polar surface area (TPSA) is 61.6 Å². The molecule has 1 atom stereocenters. The Labute approximate surface area is 142 Å². The van der Waals surface area contributed by atoms with Gasteiger partial charge in [-0.25, -0.2) is 9.97 Å². The van der Waals surface area contributed by atoms with Crippen LogP contribution < -0.4 is 26.8 Å². The van der Waals surface area contributed by atoms with Crippen LogP contribution in [-0.4, -0.2) is 32.2 Å². The Balaban J connectivity index is 1.84. The number of nitrogens with zero attached hydrogens (tertiary/aromatic N) is 3. The van der Waals surface area contributed by atoms with Crippen LogP contribution in [0.5, 0.6) is 0 Å². The minimum atomic E-state index is 0.201. The molecule has 1 aliphatic carbocycles. The van der Waals surface area contributed by atoms with Gasteiger partial charge in [0.15, 0.2) is 0 Å². The minimum absolute atomic E-state index is 0.201. The Morgan fingerprint density at radius 3 is 2.83 bits per heavy atom. The molecule has 110 valence electrons. The second-order valence-electron chi connectivity index (χ2n) is 5.57. The number of aromatic nitrogens is 2. The summed E-state index contributed by atoms with van der Waals surface area (Å²) in [6.45, 7) is 2.73. The summed E-state index contributed by atoms with van der Waals surface area (Å²) in [4.78, 5) is 8.42. The predicted molar refractivity (Wildman–Crippen MR) is 95.9 cm³/mol.